The Morgan fingerprint density at radius 1 is 1.00 bits per heavy atom. The van der Waals surface area contributed by atoms with Crippen molar-refractivity contribution in [1.29, 1.82) is 0 Å². The van der Waals surface area contributed by atoms with Crippen LogP contribution in [-0.4, -0.2) is 17.9 Å². The Morgan fingerprint density at radius 2 is 1.46 bits per heavy atom. The molecule has 0 fully saturated rings. The molecule has 0 aliphatic heterocycles. The number of nitrogens with zero attached hydrogens (tertiary/aromatic N) is 2. The predicted octanol–water partition coefficient (Wildman–Crippen LogP) is 3.48. The predicted molar refractivity (Wildman–Crippen MR) is 91.6 cm³/mol. The van der Waals surface area contributed by atoms with Gasteiger partial charge in [0, 0.05) is 32.3 Å². The number of benzene rings is 2. The number of rotatable bonds is 5. The molecule has 0 spiro atoms. The van der Waals surface area contributed by atoms with E-state index in [1.165, 1.54) is 24.3 Å². The summed E-state index contributed by atoms with van der Waals surface area (Å²) in [7, 11) is 1.57. The Hall–Kier alpha value is -3.10. The highest BCUT2D eigenvalue weighted by atomic mass is 19.4. The number of nitro benzene ring substituents is 1. The van der Waals surface area contributed by atoms with Crippen LogP contribution in [0.25, 0.3) is 0 Å². The van der Waals surface area contributed by atoms with Gasteiger partial charge in [0.15, 0.2) is 5.96 Å². The van der Waals surface area contributed by atoms with Gasteiger partial charge < -0.3 is 10.6 Å². The number of non-ortho nitro benzene ring substituents is 1. The summed E-state index contributed by atoms with van der Waals surface area (Å²) in [4.78, 5) is 14.2. The Bertz CT molecular complexity index is 772. The molecule has 9 heteroatoms. The van der Waals surface area contributed by atoms with Crippen molar-refractivity contribution in [2.45, 2.75) is 19.3 Å². The molecule has 6 nitrogen and oxygen atoms in total. The number of halogens is 3. The van der Waals surface area contributed by atoms with Gasteiger partial charge in [-0.05, 0) is 23.3 Å². The summed E-state index contributed by atoms with van der Waals surface area (Å²) in [6, 6.07) is 11.0. The van der Waals surface area contributed by atoms with E-state index >= 15 is 0 Å². The van der Waals surface area contributed by atoms with Gasteiger partial charge in [0.05, 0.1) is 10.5 Å². The van der Waals surface area contributed by atoms with Crippen molar-refractivity contribution >= 4 is 11.6 Å². The maximum Gasteiger partial charge on any atom is 0.416 e. The molecular formula is C17H17F3N4O2. The Kier molecular flexibility index (Phi) is 6.16. The van der Waals surface area contributed by atoms with Crippen molar-refractivity contribution in [2.24, 2.45) is 4.99 Å². The minimum atomic E-state index is -4.35. The maximum atomic E-state index is 12.5. The first-order chi connectivity index (χ1) is 12.3. The summed E-state index contributed by atoms with van der Waals surface area (Å²) in [5.41, 5.74) is 0.824. The second-order valence-corrected chi connectivity index (χ2v) is 5.40. The lowest BCUT2D eigenvalue weighted by molar-refractivity contribution is -0.384. The summed E-state index contributed by atoms with van der Waals surface area (Å²) in [6.07, 6.45) is -4.35. The molecule has 0 amide bonds. The molecule has 0 aromatic heterocycles. The molecule has 0 unspecified atom stereocenters. The largest absolute Gasteiger partial charge is 0.416 e. The van der Waals surface area contributed by atoms with Crippen molar-refractivity contribution in [2.75, 3.05) is 7.05 Å². The molecule has 2 aromatic rings. The van der Waals surface area contributed by atoms with Gasteiger partial charge in [-0.15, -0.1) is 0 Å². The molecular weight excluding hydrogens is 349 g/mol. The molecule has 138 valence electrons. The first kappa shape index (κ1) is 19.2. The summed E-state index contributed by atoms with van der Waals surface area (Å²) in [6.45, 7) is 0.697. The van der Waals surface area contributed by atoms with E-state index in [0.29, 0.717) is 24.6 Å². The topological polar surface area (TPSA) is 79.6 Å². The van der Waals surface area contributed by atoms with Crippen LogP contribution in [-0.2, 0) is 19.3 Å². The average molecular weight is 366 g/mol. The molecule has 0 heterocycles. The SMILES string of the molecule is CN=C(NCc1ccc([N+](=O)[O-])cc1)NCc1ccc(C(F)(F)F)cc1. The first-order valence-electron chi connectivity index (χ1n) is 7.63. The van der Waals surface area contributed by atoms with Crippen LogP contribution < -0.4 is 10.6 Å². The van der Waals surface area contributed by atoms with E-state index in [-0.39, 0.29) is 5.69 Å². The van der Waals surface area contributed by atoms with Crippen LogP contribution in [0.5, 0.6) is 0 Å². The van der Waals surface area contributed by atoms with Gasteiger partial charge in [-0.25, -0.2) is 0 Å². The van der Waals surface area contributed by atoms with Crippen LogP contribution in [0.3, 0.4) is 0 Å². The monoisotopic (exact) mass is 366 g/mol. The van der Waals surface area contributed by atoms with Crippen LogP contribution in [0.4, 0.5) is 18.9 Å². The lowest BCUT2D eigenvalue weighted by Gasteiger charge is -2.13. The summed E-state index contributed by atoms with van der Waals surface area (Å²) in [5.74, 6) is 0.461. The van der Waals surface area contributed by atoms with E-state index in [1.807, 2.05) is 0 Å². The molecule has 2 rings (SSSR count). The van der Waals surface area contributed by atoms with Crippen LogP contribution in [0, 0.1) is 10.1 Å². The van der Waals surface area contributed by atoms with Gasteiger partial charge in [-0.2, -0.15) is 13.2 Å². The van der Waals surface area contributed by atoms with Crippen LogP contribution >= 0.6 is 0 Å². The number of hydrogen-bond donors (Lipinski definition) is 2. The number of alkyl halides is 3. The second kappa shape index (κ2) is 8.32. The normalized spacial score (nSPS) is 11.9. The van der Waals surface area contributed by atoms with Crippen molar-refractivity contribution in [3.63, 3.8) is 0 Å². The van der Waals surface area contributed by atoms with Gasteiger partial charge in [0.25, 0.3) is 5.69 Å². The number of nitro groups is 1. The van der Waals surface area contributed by atoms with Gasteiger partial charge in [0.1, 0.15) is 0 Å². The van der Waals surface area contributed by atoms with Crippen molar-refractivity contribution in [3.8, 4) is 0 Å². The Morgan fingerprint density at radius 3 is 1.85 bits per heavy atom. The minimum absolute atomic E-state index is 0.0126. The van der Waals surface area contributed by atoms with Crippen LogP contribution in [0.2, 0.25) is 0 Å². The summed E-state index contributed by atoms with van der Waals surface area (Å²) >= 11 is 0. The standard InChI is InChI=1S/C17H17F3N4O2/c1-21-16(23-11-13-4-8-15(9-5-13)24(25)26)22-10-12-2-6-14(7-3-12)17(18,19)20/h2-9H,10-11H2,1H3,(H2,21,22,23). The number of guanidine groups is 1. The van der Waals surface area contributed by atoms with Gasteiger partial charge in [0.2, 0.25) is 0 Å². The third kappa shape index (κ3) is 5.47. The fourth-order valence-electron chi connectivity index (χ4n) is 2.14. The summed E-state index contributed by atoms with van der Waals surface area (Å²) in [5, 5.41) is 16.6. The van der Waals surface area contributed by atoms with Gasteiger partial charge >= 0.3 is 6.18 Å². The molecule has 0 aliphatic rings. The molecule has 0 bridgehead atoms. The van der Waals surface area contributed by atoms with E-state index in [1.54, 1.807) is 19.2 Å². The molecule has 0 radical (unpaired) electrons. The quantitative estimate of drug-likeness (QED) is 0.367. The first-order valence-corrected chi connectivity index (χ1v) is 7.63. The molecule has 0 saturated carbocycles. The maximum absolute atomic E-state index is 12.5. The molecule has 2 N–H and O–H groups in total. The zero-order chi connectivity index (χ0) is 19.2. The molecule has 2 aromatic carbocycles. The van der Waals surface area contributed by atoms with E-state index in [4.69, 9.17) is 0 Å². The third-order valence-electron chi connectivity index (χ3n) is 3.57. The smallest absolute Gasteiger partial charge is 0.352 e. The zero-order valence-electron chi connectivity index (χ0n) is 13.9. The highest BCUT2D eigenvalue weighted by Crippen LogP contribution is 2.29. The highest BCUT2D eigenvalue weighted by molar-refractivity contribution is 5.79. The molecule has 0 aliphatic carbocycles. The van der Waals surface area contributed by atoms with Crippen molar-refractivity contribution < 1.29 is 18.1 Å². The third-order valence-corrected chi connectivity index (χ3v) is 3.57. The Balaban J connectivity index is 1.86. The fourth-order valence-corrected chi connectivity index (χ4v) is 2.14. The zero-order valence-corrected chi connectivity index (χ0v) is 13.9. The van der Waals surface area contributed by atoms with Crippen molar-refractivity contribution in [3.05, 3.63) is 75.3 Å². The van der Waals surface area contributed by atoms with Gasteiger partial charge in [-0.3, -0.25) is 15.1 Å². The fraction of sp³-hybridized carbons (Fsp3) is 0.235. The van der Waals surface area contributed by atoms with E-state index in [2.05, 4.69) is 15.6 Å². The van der Waals surface area contributed by atoms with E-state index in [9.17, 15) is 23.3 Å². The second-order valence-electron chi connectivity index (χ2n) is 5.40. The molecule has 26 heavy (non-hydrogen) atoms. The lowest BCUT2D eigenvalue weighted by atomic mass is 10.1. The van der Waals surface area contributed by atoms with E-state index in [0.717, 1.165) is 17.7 Å². The molecule has 0 atom stereocenters. The number of hydrogen-bond acceptors (Lipinski definition) is 3. The Labute approximate surface area is 147 Å². The van der Waals surface area contributed by atoms with Crippen LogP contribution in [0.15, 0.2) is 53.5 Å². The molecule has 0 saturated heterocycles. The minimum Gasteiger partial charge on any atom is -0.352 e. The number of nitrogens with one attached hydrogen (secondary N) is 2. The van der Waals surface area contributed by atoms with E-state index < -0.39 is 16.7 Å². The number of aliphatic imine (C=N–C) groups is 1. The van der Waals surface area contributed by atoms with Crippen molar-refractivity contribution in [1.82, 2.24) is 10.6 Å². The average Bonchev–Trinajstić information content (AvgIpc) is 2.62. The lowest BCUT2D eigenvalue weighted by Crippen LogP contribution is -2.36. The van der Waals surface area contributed by atoms with Crippen LogP contribution in [0.1, 0.15) is 16.7 Å². The highest BCUT2D eigenvalue weighted by Gasteiger charge is 2.29. The summed E-state index contributed by atoms with van der Waals surface area (Å²) < 4.78 is 37.6. The van der Waals surface area contributed by atoms with Gasteiger partial charge in [-0.1, -0.05) is 24.3 Å².